The van der Waals surface area contributed by atoms with E-state index in [1.165, 1.54) is 0 Å². The summed E-state index contributed by atoms with van der Waals surface area (Å²) in [6.45, 7) is 1.97. The summed E-state index contributed by atoms with van der Waals surface area (Å²) in [4.78, 5) is 16.5. The number of anilines is 1. The fourth-order valence-electron chi connectivity index (χ4n) is 2.53. The largest absolute Gasteiger partial charge is 0.396 e. The zero-order valence-corrected chi connectivity index (χ0v) is 13.2. The van der Waals surface area contributed by atoms with Gasteiger partial charge in [0.2, 0.25) is 0 Å². The lowest BCUT2D eigenvalue weighted by atomic mass is 10.0. The molecule has 6 heteroatoms. The van der Waals surface area contributed by atoms with Crippen LogP contribution in [-0.4, -0.2) is 48.9 Å². The number of benzene rings is 1. The fraction of sp³-hybridized carbons (Fsp3) is 0.500. The van der Waals surface area contributed by atoms with Crippen molar-refractivity contribution in [3.05, 3.63) is 27.7 Å². The van der Waals surface area contributed by atoms with Crippen molar-refractivity contribution in [2.45, 2.75) is 18.9 Å². The van der Waals surface area contributed by atoms with Gasteiger partial charge in [0.05, 0.1) is 15.7 Å². The first-order valence-corrected chi connectivity index (χ1v) is 7.36. The van der Waals surface area contributed by atoms with E-state index in [0.29, 0.717) is 21.3 Å². The number of amides is 1. The smallest absolute Gasteiger partial charge is 0.253 e. The van der Waals surface area contributed by atoms with Crippen molar-refractivity contribution in [2.75, 3.05) is 32.9 Å². The van der Waals surface area contributed by atoms with E-state index >= 15 is 0 Å². The normalized spacial score (nSPS) is 19.9. The topological polar surface area (TPSA) is 49.6 Å². The molecule has 2 rings (SSSR count). The molecule has 0 spiro atoms. The summed E-state index contributed by atoms with van der Waals surface area (Å²) in [5.41, 5.74) is 6.48. The molecular weight excluding hydrogens is 297 g/mol. The Labute approximate surface area is 129 Å². The predicted molar refractivity (Wildman–Crippen MR) is 83.5 cm³/mol. The number of nitrogens with zero attached hydrogens (tertiary/aromatic N) is 2. The average molecular weight is 316 g/mol. The van der Waals surface area contributed by atoms with E-state index in [-0.39, 0.29) is 11.9 Å². The molecular formula is C14H19Cl2N3O. The Morgan fingerprint density at radius 1 is 1.40 bits per heavy atom. The van der Waals surface area contributed by atoms with E-state index in [1.807, 2.05) is 7.05 Å². The van der Waals surface area contributed by atoms with Gasteiger partial charge in [0.25, 0.3) is 5.91 Å². The van der Waals surface area contributed by atoms with E-state index in [4.69, 9.17) is 28.9 Å². The number of nitrogen functional groups attached to an aromatic ring is 1. The number of carbonyl (C=O) groups excluding carboxylic acids is 1. The van der Waals surface area contributed by atoms with Crippen LogP contribution in [0.2, 0.25) is 10.0 Å². The van der Waals surface area contributed by atoms with Crippen LogP contribution in [-0.2, 0) is 0 Å². The van der Waals surface area contributed by atoms with Gasteiger partial charge in [-0.2, -0.15) is 0 Å². The number of hydrogen-bond donors (Lipinski definition) is 1. The average Bonchev–Trinajstić information content (AvgIpc) is 2.42. The van der Waals surface area contributed by atoms with E-state index < -0.39 is 0 Å². The van der Waals surface area contributed by atoms with Crippen LogP contribution in [0.25, 0.3) is 0 Å². The number of likely N-dealkylation sites (N-methyl/N-ethyl adjacent to an activating group) is 2. The van der Waals surface area contributed by atoms with Crippen molar-refractivity contribution < 1.29 is 4.79 Å². The van der Waals surface area contributed by atoms with E-state index in [2.05, 4.69) is 11.9 Å². The van der Waals surface area contributed by atoms with Gasteiger partial charge in [0, 0.05) is 25.2 Å². The molecule has 1 atom stereocenters. The number of nitrogens with two attached hydrogens (primary N) is 1. The minimum absolute atomic E-state index is 0.0749. The highest BCUT2D eigenvalue weighted by atomic mass is 35.5. The summed E-state index contributed by atoms with van der Waals surface area (Å²) in [5, 5.41) is 0.630. The Hall–Kier alpha value is -0.970. The highest BCUT2D eigenvalue weighted by Crippen LogP contribution is 2.29. The van der Waals surface area contributed by atoms with Crippen LogP contribution in [0.3, 0.4) is 0 Å². The molecule has 0 saturated carbocycles. The third-order valence-electron chi connectivity index (χ3n) is 3.79. The lowest BCUT2D eigenvalue weighted by Gasteiger charge is -2.36. The third-order valence-corrected chi connectivity index (χ3v) is 4.42. The van der Waals surface area contributed by atoms with Crippen molar-refractivity contribution in [2.24, 2.45) is 0 Å². The monoisotopic (exact) mass is 315 g/mol. The van der Waals surface area contributed by atoms with Gasteiger partial charge in [0.15, 0.2) is 0 Å². The number of carbonyl (C=O) groups is 1. The SMILES string of the molecule is CN1CCCC(N(C)C(=O)c2cc(Cl)c(N)c(Cl)c2)C1. The predicted octanol–water partition coefficient (Wildman–Crippen LogP) is 2.74. The first-order valence-electron chi connectivity index (χ1n) is 6.60. The molecule has 1 aromatic carbocycles. The number of rotatable bonds is 2. The number of halogens is 2. The zero-order chi connectivity index (χ0) is 14.9. The molecule has 1 heterocycles. The van der Waals surface area contributed by atoms with Gasteiger partial charge in [-0.15, -0.1) is 0 Å². The van der Waals surface area contributed by atoms with Crippen molar-refractivity contribution >= 4 is 34.8 Å². The molecule has 4 nitrogen and oxygen atoms in total. The molecule has 1 aliphatic heterocycles. The van der Waals surface area contributed by atoms with Crippen LogP contribution in [0.1, 0.15) is 23.2 Å². The fourth-order valence-corrected chi connectivity index (χ4v) is 3.02. The molecule has 1 aromatic rings. The van der Waals surface area contributed by atoms with Crippen LogP contribution in [0.4, 0.5) is 5.69 Å². The Morgan fingerprint density at radius 3 is 2.55 bits per heavy atom. The lowest BCUT2D eigenvalue weighted by Crippen LogP contribution is -2.47. The summed E-state index contributed by atoms with van der Waals surface area (Å²) in [6, 6.07) is 3.37. The van der Waals surface area contributed by atoms with Gasteiger partial charge in [0.1, 0.15) is 0 Å². The molecule has 110 valence electrons. The van der Waals surface area contributed by atoms with Gasteiger partial charge in [-0.3, -0.25) is 4.79 Å². The Balaban J connectivity index is 2.18. The van der Waals surface area contributed by atoms with E-state index in [1.54, 1.807) is 17.0 Å². The molecule has 1 saturated heterocycles. The molecule has 0 aliphatic carbocycles. The maximum Gasteiger partial charge on any atom is 0.253 e. The standard InChI is InChI=1S/C14H19Cl2N3O/c1-18-5-3-4-10(8-18)19(2)14(20)9-6-11(15)13(17)12(16)7-9/h6-7,10H,3-5,8,17H2,1-2H3. The van der Waals surface area contributed by atoms with E-state index in [9.17, 15) is 4.79 Å². The maximum atomic E-state index is 12.5. The Kier molecular flexibility index (Phi) is 4.78. The highest BCUT2D eigenvalue weighted by Gasteiger charge is 2.25. The molecule has 20 heavy (non-hydrogen) atoms. The summed E-state index contributed by atoms with van der Waals surface area (Å²) in [6.07, 6.45) is 2.12. The summed E-state index contributed by atoms with van der Waals surface area (Å²) in [5.74, 6) is -0.0749. The molecule has 1 unspecified atom stereocenters. The first-order chi connectivity index (χ1) is 9.40. The second-order valence-electron chi connectivity index (χ2n) is 5.33. The van der Waals surface area contributed by atoms with Gasteiger partial charge >= 0.3 is 0 Å². The minimum Gasteiger partial charge on any atom is -0.396 e. The highest BCUT2D eigenvalue weighted by molar-refractivity contribution is 6.39. The molecule has 2 N–H and O–H groups in total. The van der Waals surface area contributed by atoms with Crippen LogP contribution in [0.5, 0.6) is 0 Å². The minimum atomic E-state index is -0.0749. The summed E-state index contributed by atoms with van der Waals surface area (Å²) in [7, 11) is 3.89. The second-order valence-corrected chi connectivity index (χ2v) is 6.14. The van der Waals surface area contributed by atoms with Gasteiger partial charge < -0.3 is 15.5 Å². The van der Waals surface area contributed by atoms with Gasteiger partial charge in [-0.1, -0.05) is 23.2 Å². The van der Waals surface area contributed by atoms with E-state index in [0.717, 1.165) is 25.9 Å². The second kappa shape index (κ2) is 6.20. The zero-order valence-electron chi connectivity index (χ0n) is 11.7. The molecule has 0 bridgehead atoms. The van der Waals surface area contributed by atoms with Crippen LogP contribution < -0.4 is 5.73 Å². The first kappa shape index (κ1) is 15.4. The Morgan fingerprint density at radius 2 is 2.00 bits per heavy atom. The quantitative estimate of drug-likeness (QED) is 0.854. The molecule has 1 aliphatic rings. The summed E-state index contributed by atoms with van der Waals surface area (Å²) >= 11 is 12.0. The van der Waals surface area contributed by atoms with Gasteiger partial charge in [-0.25, -0.2) is 0 Å². The van der Waals surface area contributed by atoms with Crippen LogP contribution >= 0.6 is 23.2 Å². The van der Waals surface area contributed by atoms with Crippen molar-refractivity contribution in [3.63, 3.8) is 0 Å². The molecule has 1 fully saturated rings. The van der Waals surface area contributed by atoms with Crippen molar-refractivity contribution in [1.82, 2.24) is 9.80 Å². The van der Waals surface area contributed by atoms with Gasteiger partial charge in [-0.05, 0) is 38.6 Å². The van der Waals surface area contributed by atoms with Crippen molar-refractivity contribution in [3.8, 4) is 0 Å². The van der Waals surface area contributed by atoms with Crippen molar-refractivity contribution in [1.29, 1.82) is 0 Å². The third kappa shape index (κ3) is 3.19. The molecule has 0 aromatic heterocycles. The molecule has 0 radical (unpaired) electrons. The lowest BCUT2D eigenvalue weighted by molar-refractivity contribution is 0.0644. The number of piperidine rings is 1. The summed E-state index contributed by atoms with van der Waals surface area (Å²) < 4.78 is 0. The molecule has 1 amide bonds. The van der Waals surface area contributed by atoms with Crippen LogP contribution in [0, 0.1) is 0 Å². The van der Waals surface area contributed by atoms with Crippen LogP contribution in [0.15, 0.2) is 12.1 Å². The Bertz CT molecular complexity index is 498. The number of hydrogen-bond acceptors (Lipinski definition) is 3. The maximum absolute atomic E-state index is 12.5. The number of likely N-dealkylation sites (tertiary alicyclic amines) is 1.